The molecule has 0 aliphatic carbocycles. The van der Waals surface area contributed by atoms with Gasteiger partial charge in [0.05, 0.1) is 16.6 Å². The number of hydrogen-bond acceptors (Lipinski definition) is 5. The van der Waals surface area contributed by atoms with Crippen LogP contribution < -0.4 is 15.4 Å². The molecule has 0 bridgehead atoms. The van der Waals surface area contributed by atoms with Crippen LogP contribution in [-0.2, 0) is 20.5 Å². The van der Waals surface area contributed by atoms with Crippen LogP contribution in [0.5, 0.6) is 5.75 Å². The third kappa shape index (κ3) is 2.96. The number of nitrogens with zero attached hydrogens (tertiary/aromatic N) is 1. The van der Waals surface area contributed by atoms with Crippen LogP contribution in [0.1, 0.15) is 39.9 Å². The van der Waals surface area contributed by atoms with Crippen molar-refractivity contribution >= 4 is 40.6 Å². The van der Waals surface area contributed by atoms with E-state index in [0.29, 0.717) is 58.4 Å². The molecule has 7 nitrogen and oxygen atoms in total. The summed E-state index contributed by atoms with van der Waals surface area (Å²) >= 11 is 6.71. The average Bonchev–Trinajstić information content (AvgIpc) is 3.66. The van der Waals surface area contributed by atoms with Crippen LogP contribution in [-0.4, -0.2) is 41.7 Å². The van der Waals surface area contributed by atoms with Gasteiger partial charge in [0.1, 0.15) is 23.3 Å². The van der Waals surface area contributed by atoms with Gasteiger partial charge in [-0.3, -0.25) is 19.3 Å². The highest BCUT2D eigenvalue weighted by Crippen LogP contribution is 2.68. The van der Waals surface area contributed by atoms with Crippen LogP contribution in [0.4, 0.5) is 11.4 Å². The van der Waals surface area contributed by atoms with Crippen LogP contribution in [0.3, 0.4) is 0 Å². The minimum Gasteiger partial charge on any atom is -0.490 e. The van der Waals surface area contributed by atoms with Crippen molar-refractivity contribution < 1.29 is 19.1 Å². The summed E-state index contributed by atoms with van der Waals surface area (Å²) in [5.74, 6) is -1.15. The number of anilines is 2. The van der Waals surface area contributed by atoms with Gasteiger partial charge in [0.25, 0.3) is 5.91 Å². The van der Waals surface area contributed by atoms with Crippen molar-refractivity contribution in [2.45, 2.75) is 36.8 Å². The molecule has 202 valence electrons. The molecule has 2 fully saturated rings. The highest BCUT2D eigenvalue weighted by atomic mass is 35.5. The third-order valence-corrected chi connectivity index (χ3v) is 9.37. The number of carbonyl (C=O) groups is 3. The Hall–Kier alpha value is -3.94. The van der Waals surface area contributed by atoms with E-state index in [0.717, 1.165) is 12.0 Å². The average molecular weight is 554 g/mol. The van der Waals surface area contributed by atoms with Crippen molar-refractivity contribution in [1.29, 1.82) is 0 Å². The Labute approximate surface area is 237 Å². The first-order chi connectivity index (χ1) is 19.3. The van der Waals surface area contributed by atoms with Gasteiger partial charge in [-0.05, 0) is 61.7 Å². The first kappa shape index (κ1) is 25.1. The number of carbonyl (C=O) groups excluding carboxylic acids is 3. The predicted molar refractivity (Wildman–Crippen MR) is 153 cm³/mol. The topological polar surface area (TPSA) is 87.7 Å². The lowest BCUT2D eigenvalue weighted by atomic mass is 9.57. The molecule has 7 rings (SSSR count). The van der Waals surface area contributed by atoms with Crippen LogP contribution in [0.25, 0.3) is 0 Å². The van der Waals surface area contributed by atoms with Gasteiger partial charge < -0.3 is 15.4 Å². The summed E-state index contributed by atoms with van der Waals surface area (Å²) in [6, 6.07) is 17.9. The molecule has 0 aromatic heterocycles. The zero-order valence-corrected chi connectivity index (χ0v) is 22.8. The molecule has 0 saturated carbocycles. The first-order valence-corrected chi connectivity index (χ1v) is 13.9. The molecule has 0 unspecified atom stereocenters. The van der Waals surface area contributed by atoms with Crippen molar-refractivity contribution in [2.75, 3.05) is 23.8 Å². The lowest BCUT2D eigenvalue weighted by Crippen LogP contribution is -2.62. The van der Waals surface area contributed by atoms with Gasteiger partial charge in [0, 0.05) is 22.9 Å². The number of rotatable bonds is 5. The maximum Gasteiger partial charge on any atom is 0.251 e. The quantitative estimate of drug-likeness (QED) is 0.334. The number of nitrogens with one attached hydrogen (secondary N) is 2. The molecule has 3 aromatic carbocycles. The van der Waals surface area contributed by atoms with E-state index in [9.17, 15) is 14.4 Å². The first-order valence-electron chi connectivity index (χ1n) is 13.5. The lowest BCUT2D eigenvalue weighted by molar-refractivity contribution is -0.137. The Kier molecular flexibility index (Phi) is 5.50. The Morgan fingerprint density at radius 3 is 2.75 bits per heavy atom. The number of benzene rings is 3. The molecule has 8 heteroatoms. The smallest absolute Gasteiger partial charge is 0.251 e. The van der Waals surface area contributed by atoms with Gasteiger partial charge in [-0.15, -0.1) is 0 Å². The maximum absolute atomic E-state index is 14.8. The van der Waals surface area contributed by atoms with Crippen molar-refractivity contribution in [3.05, 3.63) is 101 Å². The van der Waals surface area contributed by atoms with Crippen LogP contribution in [0.2, 0.25) is 5.02 Å². The summed E-state index contributed by atoms with van der Waals surface area (Å²) in [6.45, 7) is 6.50. The van der Waals surface area contributed by atoms with E-state index in [1.807, 2.05) is 43.3 Å². The van der Waals surface area contributed by atoms with Crippen LogP contribution in [0.15, 0.2) is 73.3 Å². The number of aryl methyl sites for hydroxylation is 1. The van der Waals surface area contributed by atoms with E-state index >= 15 is 0 Å². The second-order valence-electron chi connectivity index (χ2n) is 11.0. The third-order valence-electron chi connectivity index (χ3n) is 9.07. The minimum atomic E-state index is -1.52. The number of para-hydroxylation sites is 1. The lowest BCUT2D eigenvalue weighted by Gasteiger charge is -2.43. The molecule has 2 N–H and O–H groups in total. The predicted octanol–water partition coefficient (Wildman–Crippen LogP) is 5.23. The molecule has 3 aromatic rings. The molecule has 0 radical (unpaired) electrons. The van der Waals surface area contributed by atoms with Gasteiger partial charge >= 0.3 is 0 Å². The van der Waals surface area contributed by atoms with Crippen LogP contribution in [0, 0.1) is 12.8 Å². The normalized spacial score (nSPS) is 27.9. The van der Waals surface area contributed by atoms with Crippen molar-refractivity contribution in [1.82, 2.24) is 4.90 Å². The van der Waals surface area contributed by atoms with E-state index in [1.165, 1.54) is 0 Å². The molecule has 4 aliphatic rings. The number of Topliss-reactive ketones (excluding diaryl/α,β-unsaturated/α-hetero) is 1. The largest absolute Gasteiger partial charge is 0.490 e. The van der Waals surface area contributed by atoms with Crippen molar-refractivity contribution in [2.24, 2.45) is 5.92 Å². The second-order valence-corrected chi connectivity index (χ2v) is 11.4. The molecule has 2 spiro atoms. The van der Waals surface area contributed by atoms with Gasteiger partial charge in [-0.2, -0.15) is 0 Å². The fourth-order valence-electron chi connectivity index (χ4n) is 7.85. The maximum atomic E-state index is 14.8. The van der Waals surface area contributed by atoms with Gasteiger partial charge in [0.2, 0.25) is 5.91 Å². The number of fused-ring (bicyclic) bond motifs is 7. The summed E-state index contributed by atoms with van der Waals surface area (Å²) < 4.78 is 5.73. The molecule has 2 amide bonds. The molecular weight excluding hydrogens is 526 g/mol. The van der Waals surface area contributed by atoms with E-state index in [2.05, 4.69) is 22.1 Å². The molecule has 2 saturated heterocycles. The highest BCUT2D eigenvalue weighted by molar-refractivity contribution is 6.35. The number of ketones is 1. The molecule has 4 atom stereocenters. The Bertz CT molecular complexity index is 1640. The monoisotopic (exact) mass is 553 g/mol. The van der Waals surface area contributed by atoms with Gasteiger partial charge in [-0.25, -0.2) is 0 Å². The number of ether oxygens (including phenoxy) is 1. The van der Waals surface area contributed by atoms with Gasteiger partial charge in [-0.1, -0.05) is 60.7 Å². The van der Waals surface area contributed by atoms with E-state index in [-0.39, 0.29) is 23.6 Å². The summed E-state index contributed by atoms with van der Waals surface area (Å²) in [6.07, 6.45) is 3.13. The molecular formula is C32H28ClN3O4. The Morgan fingerprint density at radius 1 is 1.10 bits per heavy atom. The summed E-state index contributed by atoms with van der Waals surface area (Å²) in [5.41, 5.74) is 0.781. The Balaban J connectivity index is 1.54. The fourth-order valence-corrected chi connectivity index (χ4v) is 8.17. The fraction of sp³-hybridized carbons (Fsp3) is 0.281. The van der Waals surface area contributed by atoms with E-state index in [1.54, 1.807) is 30.3 Å². The SMILES string of the molecule is C=CCOc1cccc(C(=O)[C@@H]2[C@H]3CCCN3[C@@]3(C(=O)Nc4c(Cl)cc(C)cc43)[C@@]23C(=O)Nc2ccccc23)c1. The van der Waals surface area contributed by atoms with Crippen molar-refractivity contribution in [3.8, 4) is 5.75 Å². The number of hydrogen-bond donors (Lipinski definition) is 2. The van der Waals surface area contributed by atoms with Crippen molar-refractivity contribution in [3.63, 3.8) is 0 Å². The Morgan fingerprint density at radius 2 is 1.93 bits per heavy atom. The number of halogens is 1. The highest BCUT2D eigenvalue weighted by Gasteiger charge is 2.81. The second kappa shape index (κ2) is 8.78. The molecule has 4 heterocycles. The minimum absolute atomic E-state index is 0.190. The molecule has 4 aliphatic heterocycles. The summed E-state index contributed by atoms with van der Waals surface area (Å²) in [5, 5.41) is 6.52. The summed E-state index contributed by atoms with van der Waals surface area (Å²) in [7, 11) is 0. The zero-order chi connectivity index (χ0) is 27.8. The number of amides is 2. The van der Waals surface area contributed by atoms with E-state index in [4.69, 9.17) is 16.3 Å². The van der Waals surface area contributed by atoms with Crippen LogP contribution >= 0.6 is 11.6 Å². The van der Waals surface area contributed by atoms with Gasteiger partial charge in [0.15, 0.2) is 5.78 Å². The standard InChI is InChI=1S/C32H28ClN3O4/c1-3-14-40-20-9-6-8-19(17-20)28(37)26-25-12-7-13-36(25)32(22-15-18(2)16-23(33)27(22)35-30(32)39)31(26)21-10-4-5-11-24(21)34-29(31)38/h3-6,8-11,15-17,25-26H,1,7,12-14H2,2H3,(H,34,38)(H,35,39)/t25-,26+,31-,32+/m1/s1. The van der Waals surface area contributed by atoms with E-state index < -0.39 is 16.9 Å². The molecule has 40 heavy (non-hydrogen) atoms. The zero-order valence-electron chi connectivity index (χ0n) is 22.0. The summed E-state index contributed by atoms with van der Waals surface area (Å²) in [4.78, 5) is 46.0.